The summed E-state index contributed by atoms with van der Waals surface area (Å²) in [5.74, 6) is -1.15. The summed E-state index contributed by atoms with van der Waals surface area (Å²) in [4.78, 5) is 26.8. The number of carboxylic acid groups (broad SMARTS) is 1. The van der Waals surface area contributed by atoms with Crippen LogP contribution in [0.2, 0.25) is 0 Å². The van der Waals surface area contributed by atoms with Crippen LogP contribution in [0.1, 0.15) is 26.5 Å². The molecule has 2 aromatic rings. The van der Waals surface area contributed by atoms with E-state index in [0.717, 1.165) is 5.56 Å². The first kappa shape index (κ1) is 12.8. The summed E-state index contributed by atoms with van der Waals surface area (Å²) in [6.45, 7) is 1.79. The number of rotatable bonds is 3. The van der Waals surface area contributed by atoms with E-state index >= 15 is 0 Å². The van der Waals surface area contributed by atoms with Crippen molar-refractivity contribution in [1.82, 2.24) is 9.55 Å². The van der Waals surface area contributed by atoms with Crippen LogP contribution >= 0.6 is 0 Å². The summed E-state index contributed by atoms with van der Waals surface area (Å²) in [7, 11) is 1.71. The molecule has 0 bridgehead atoms. The quantitative estimate of drug-likeness (QED) is 0.878. The summed E-state index contributed by atoms with van der Waals surface area (Å²) in [5, 5.41) is 11.6. The average Bonchev–Trinajstić information content (AvgIpc) is 2.78. The molecule has 98 valence electrons. The molecular weight excluding hydrogens is 246 g/mol. The first-order chi connectivity index (χ1) is 8.99. The fourth-order valence-corrected chi connectivity index (χ4v) is 1.65. The van der Waals surface area contributed by atoms with Crippen LogP contribution in [0.4, 0.5) is 5.69 Å². The van der Waals surface area contributed by atoms with Gasteiger partial charge < -0.3 is 15.0 Å². The van der Waals surface area contributed by atoms with E-state index in [2.05, 4.69) is 10.3 Å². The van der Waals surface area contributed by atoms with Crippen LogP contribution in [0.5, 0.6) is 0 Å². The summed E-state index contributed by atoms with van der Waals surface area (Å²) >= 11 is 0. The van der Waals surface area contributed by atoms with E-state index in [1.165, 1.54) is 18.3 Å². The van der Waals surface area contributed by atoms with E-state index in [-0.39, 0.29) is 17.3 Å². The molecule has 2 rings (SSSR count). The number of hydrogen-bond acceptors (Lipinski definition) is 3. The Balaban J connectivity index is 2.28. The highest BCUT2D eigenvalue weighted by Gasteiger charge is 2.13. The molecule has 0 spiro atoms. The number of carboxylic acids is 1. The van der Waals surface area contributed by atoms with Crippen LogP contribution < -0.4 is 5.32 Å². The Bertz CT molecular complexity index is 646. The van der Waals surface area contributed by atoms with Gasteiger partial charge in [-0.25, -0.2) is 9.78 Å². The molecule has 2 N–H and O–H groups in total. The number of carbonyl (C=O) groups excluding carboxylic acids is 1. The van der Waals surface area contributed by atoms with E-state index in [9.17, 15) is 9.59 Å². The van der Waals surface area contributed by atoms with Gasteiger partial charge >= 0.3 is 5.97 Å². The predicted molar refractivity (Wildman–Crippen MR) is 69.3 cm³/mol. The molecule has 1 amide bonds. The van der Waals surface area contributed by atoms with Crippen molar-refractivity contribution in [3.05, 3.63) is 47.5 Å². The Morgan fingerprint density at radius 2 is 2.11 bits per heavy atom. The zero-order chi connectivity index (χ0) is 14.0. The Kier molecular flexibility index (Phi) is 3.33. The summed E-state index contributed by atoms with van der Waals surface area (Å²) in [5.41, 5.74) is 1.38. The molecule has 1 aromatic heterocycles. The summed E-state index contributed by atoms with van der Waals surface area (Å²) in [6.07, 6.45) is 3.19. The van der Waals surface area contributed by atoms with Gasteiger partial charge in [0.05, 0.1) is 5.56 Å². The normalized spacial score (nSPS) is 10.2. The second-order valence-corrected chi connectivity index (χ2v) is 4.15. The van der Waals surface area contributed by atoms with E-state index in [1.807, 2.05) is 0 Å². The van der Waals surface area contributed by atoms with Crippen LogP contribution in [-0.2, 0) is 7.05 Å². The number of imidazole rings is 1. The molecule has 0 fully saturated rings. The molecular formula is C13H13N3O3. The van der Waals surface area contributed by atoms with E-state index in [4.69, 9.17) is 5.11 Å². The molecule has 0 aliphatic heterocycles. The van der Waals surface area contributed by atoms with Crippen molar-refractivity contribution in [2.45, 2.75) is 6.92 Å². The van der Waals surface area contributed by atoms with E-state index in [1.54, 1.807) is 30.8 Å². The van der Waals surface area contributed by atoms with Crippen LogP contribution in [-0.4, -0.2) is 26.5 Å². The molecule has 19 heavy (non-hydrogen) atoms. The predicted octanol–water partition coefficient (Wildman–Crippen LogP) is 1.68. The van der Waals surface area contributed by atoms with Crippen molar-refractivity contribution in [3.8, 4) is 0 Å². The van der Waals surface area contributed by atoms with Gasteiger partial charge in [-0.05, 0) is 24.6 Å². The van der Waals surface area contributed by atoms with Crippen LogP contribution in [0.25, 0.3) is 0 Å². The van der Waals surface area contributed by atoms with Crippen molar-refractivity contribution in [1.29, 1.82) is 0 Å². The second kappa shape index (κ2) is 4.93. The van der Waals surface area contributed by atoms with Gasteiger partial charge in [0.2, 0.25) is 0 Å². The number of amides is 1. The largest absolute Gasteiger partial charge is 0.478 e. The standard InChI is InChI=1S/C13H13N3O3/c1-8-3-4-9(13(18)19)7-10(8)15-12(17)11-14-5-6-16(11)2/h3-7H,1-2H3,(H,15,17)(H,18,19). The molecule has 1 heterocycles. The minimum Gasteiger partial charge on any atom is -0.478 e. The fraction of sp³-hybridized carbons (Fsp3) is 0.154. The highest BCUT2D eigenvalue weighted by Crippen LogP contribution is 2.17. The third-order valence-electron chi connectivity index (χ3n) is 2.76. The number of benzene rings is 1. The molecule has 0 atom stereocenters. The Morgan fingerprint density at radius 1 is 1.37 bits per heavy atom. The SMILES string of the molecule is Cc1ccc(C(=O)O)cc1NC(=O)c1nccn1C. The molecule has 0 radical (unpaired) electrons. The van der Waals surface area contributed by atoms with Gasteiger partial charge in [-0.2, -0.15) is 0 Å². The highest BCUT2D eigenvalue weighted by molar-refractivity contribution is 6.03. The lowest BCUT2D eigenvalue weighted by Crippen LogP contribution is -2.17. The lowest BCUT2D eigenvalue weighted by atomic mass is 10.1. The smallest absolute Gasteiger partial charge is 0.335 e. The molecule has 1 aromatic carbocycles. The monoisotopic (exact) mass is 259 g/mol. The number of anilines is 1. The fourth-order valence-electron chi connectivity index (χ4n) is 1.65. The number of carbonyl (C=O) groups is 2. The number of nitrogens with one attached hydrogen (secondary N) is 1. The average molecular weight is 259 g/mol. The highest BCUT2D eigenvalue weighted by atomic mass is 16.4. The third-order valence-corrected chi connectivity index (χ3v) is 2.76. The molecule has 6 heteroatoms. The Morgan fingerprint density at radius 3 is 2.68 bits per heavy atom. The molecule has 0 aliphatic rings. The number of aromatic carboxylic acids is 1. The Hall–Kier alpha value is -2.63. The lowest BCUT2D eigenvalue weighted by molar-refractivity contribution is 0.0696. The van der Waals surface area contributed by atoms with E-state index < -0.39 is 5.97 Å². The first-order valence-corrected chi connectivity index (χ1v) is 5.61. The van der Waals surface area contributed by atoms with E-state index in [0.29, 0.717) is 5.69 Å². The number of aromatic nitrogens is 2. The van der Waals surface area contributed by atoms with Gasteiger partial charge in [-0.3, -0.25) is 4.79 Å². The number of hydrogen-bond donors (Lipinski definition) is 2. The second-order valence-electron chi connectivity index (χ2n) is 4.15. The van der Waals surface area contributed by atoms with Gasteiger partial charge in [0.1, 0.15) is 0 Å². The maximum absolute atomic E-state index is 12.0. The molecule has 0 saturated carbocycles. The van der Waals surface area contributed by atoms with Crippen molar-refractivity contribution >= 4 is 17.6 Å². The van der Waals surface area contributed by atoms with Gasteiger partial charge in [0.25, 0.3) is 5.91 Å². The third kappa shape index (κ3) is 2.62. The van der Waals surface area contributed by atoms with Gasteiger partial charge in [-0.1, -0.05) is 6.07 Å². The van der Waals surface area contributed by atoms with Crippen molar-refractivity contribution in [2.75, 3.05) is 5.32 Å². The lowest BCUT2D eigenvalue weighted by Gasteiger charge is -2.09. The van der Waals surface area contributed by atoms with Crippen molar-refractivity contribution in [2.24, 2.45) is 7.05 Å². The molecule has 6 nitrogen and oxygen atoms in total. The number of aryl methyl sites for hydroxylation is 2. The zero-order valence-corrected chi connectivity index (χ0v) is 10.5. The maximum Gasteiger partial charge on any atom is 0.335 e. The minimum atomic E-state index is -1.03. The maximum atomic E-state index is 12.0. The summed E-state index contributed by atoms with van der Waals surface area (Å²) < 4.78 is 1.59. The van der Waals surface area contributed by atoms with Gasteiger partial charge in [0, 0.05) is 25.1 Å². The van der Waals surface area contributed by atoms with Crippen LogP contribution in [0.15, 0.2) is 30.6 Å². The minimum absolute atomic E-state index is 0.126. The first-order valence-electron chi connectivity index (χ1n) is 5.61. The van der Waals surface area contributed by atoms with Gasteiger partial charge in [0.15, 0.2) is 5.82 Å². The van der Waals surface area contributed by atoms with Gasteiger partial charge in [-0.15, -0.1) is 0 Å². The molecule has 0 aliphatic carbocycles. The molecule has 0 saturated heterocycles. The molecule has 0 unspecified atom stereocenters. The van der Waals surface area contributed by atoms with Crippen molar-refractivity contribution < 1.29 is 14.7 Å². The zero-order valence-electron chi connectivity index (χ0n) is 10.5. The summed E-state index contributed by atoms with van der Waals surface area (Å²) in [6, 6.07) is 4.57. The number of nitrogens with zero attached hydrogens (tertiary/aromatic N) is 2. The Labute approximate surface area is 109 Å². The van der Waals surface area contributed by atoms with Crippen LogP contribution in [0, 0.1) is 6.92 Å². The van der Waals surface area contributed by atoms with Crippen LogP contribution in [0.3, 0.4) is 0 Å². The van der Waals surface area contributed by atoms with Crippen molar-refractivity contribution in [3.63, 3.8) is 0 Å². The topological polar surface area (TPSA) is 84.2 Å².